The Morgan fingerprint density at radius 2 is 2.07 bits per heavy atom. The number of nitrogens with zero attached hydrogens (tertiary/aromatic N) is 1. The molecule has 1 atom stereocenters. The molecule has 0 bridgehead atoms. The Labute approximate surface area is 83.3 Å². The molecule has 1 fully saturated rings. The van der Waals surface area contributed by atoms with E-state index >= 15 is 0 Å². The van der Waals surface area contributed by atoms with E-state index in [2.05, 4.69) is 0 Å². The molecule has 0 aromatic heterocycles. The van der Waals surface area contributed by atoms with Gasteiger partial charge < -0.3 is 4.74 Å². The van der Waals surface area contributed by atoms with Crippen molar-refractivity contribution >= 4 is 6.09 Å². The highest BCUT2D eigenvalue weighted by atomic mass is 16.6. The van der Waals surface area contributed by atoms with Crippen LogP contribution in [-0.2, 0) is 4.74 Å². The van der Waals surface area contributed by atoms with Crippen molar-refractivity contribution in [3.05, 3.63) is 35.9 Å². The van der Waals surface area contributed by atoms with Gasteiger partial charge in [0.1, 0.15) is 6.61 Å². The number of cyclic esters (lactones) is 1. The molecule has 1 amide bonds. The predicted octanol–water partition coefficient (Wildman–Crippen LogP) is 2.20. The molecule has 0 N–H and O–H groups in total. The second-order valence-corrected chi connectivity index (χ2v) is 3.39. The van der Waals surface area contributed by atoms with Crippen LogP contribution in [0.2, 0.25) is 0 Å². The number of hydrogen-bond donors (Lipinski definition) is 0. The molecule has 0 saturated carbocycles. The van der Waals surface area contributed by atoms with Gasteiger partial charge in [-0.1, -0.05) is 30.3 Å². The Balaban J connectivity index is 2.16. The molecule has 14 heavy (non-hydrogen) atoms. The lowest BCUT2D eigenvalue weighted by molar-refractivity contribution is 0.150. The first kappa shape index (κ1) is 9.06. The van der Waals surface area contributed by atoms with Crippen molar-refractivity contribution in [1.29, 1.82) is 0 Å². The van der Waals surface area contributed by atoms with Gasteiger partial charge in [0.25, 0.3) is 0 Å². The average molecular weight is 191 g/mol. The quantitative estimate of drug-likeness (QED) is 0.717. The standard InChI is InChI=1S/C11H13NO2/c1-9(10-5-3-2-4-6-10)12-7-8-14-11(12)13/h2-6,9H,7-8H2,1H3. The van der Waals surface area contributed by atoms with Crippen LogP contribution in [0, 0.1) is 0 Å². The molecule has 1 saturated heterocycles. The molecule has 2 rings (SSSR count). The van der Waals surface area contributed by atoms with Crippen LogP contribution in [0.4, 0.5) is 4.79 Å². The molecule has 0 aliphatic carbocycles. The van der Waals surface area contributed by atoms with E-state index in [1.54, 1.807) is 4.90 Å². The summed E-state index contributed by atoms with van der Waals surface area (Å²) in [6.07, 6.45) is -0.207. The van der Waals surface area contributed by atoms with Crippen molar-refractivity contribution in [2.75, 3.05) is 13.2 Å². The van der Waals surface area contributed by atoms with Crippen LogP contribution < -0.4 is 0 Å². The highest BCUT2D eigenvalue weighted by molar-refractivity contribution is 5.70. The van der Waals surface area contributed by atoms with E-state index in [0.29, 0.717) is 13.2 Å². The van der Waals surface area contributed by atoms with E-state index in [1.807, 2.05) is 37.3 Å². The van der Waals surface area contributed by atoms with Crippen LogP contribution in [0.3, 0.4) is 0 Å². The Hall–Kier alpha value is -1.51. The van der Waals surface area contributed by atoms with Crippen molar-refractivity contribution in [3.8, 4) is 0 Å². The number of benzene rings is 1. The fourth-order valence-electron chi connectivity index (χ4n) is 1.67. The van der Waals surface area contributed by atoms with Gasteiger partial charge in [0.15, 0.2) is 0 Å². The third-order valence-corrected chi connectivity index (χ3v) is 2.54. The summed E-state index contributed by atoms with van der Waals surface area (Å²) in [6, 6.07) is 10.1. The molecule has 1 unspecified atom stereocenters. The maximum atomic E-state index is 11.3. The van der Waals surface area contributed by atoms with Crippen molar-refractivity contribution < 1.29 is 9.53 Å². The summed E-state index contributed by atoms with van der Waals surface area (Å²) in [5, 5.41) is 0. The van der Waals surface area contributed by atoms with Gasteiger partial charge in [-0.25, -0.2) is 4.79 Å². The van der Waals surface area contributed by atoms with Gasteiger partial charge in [0.2, 0.25) is 0 Å². The molecule has 1 aliphatic heterocycles. The van der Waals surface area contributed by atoms with Crippen LogP contribution in [0.5, 0.6) is 0 Å². The molecule has 3 heteroatoms. The van der Waals surface area contributed by atoms with E-state index in [0.717, 1.165) is 5.56 Å². The molecule has 1 aliphatic rings. The number of carbonyl (C=O) groups is 1. The van der Waals surface area contributed by atoms with Crippen LogP contribution in [-0.4, -0.2) is 24.1 Å². The first-order valence-electron chi connectivity index (χ1n) is 4.77. The second-order valence-electron chi connectivity index (χ2n) is 3.39. The monoisotopic (exact) mass is 191 g/mol. The highest BCUT2D eigenvalue weighted by Crippen LogP contribution is 2.22. The number of hydrogen-bond acceptors (Lipinski definition) is 2. The fraction of sp³-hybridized carbons (Fsp3) is 0.364. The van der Waals surface area contributed by atoms with Crippen molar-refractivity contribution in [1.82, 2.24) is 4.90 Å². The summed E-state index contributed by atoms with van der Waals surface area (Å²) in [5.74, 6) is 0. The molecule has 1 aromatic carbocycles. The Kier molecular flexibility index (Phi) is 2.39. The fourth-order valence-corrected chi connectivity index (χ4v) is 1.67. The van der Waals surface area contributed by atoms with Crippen LogP contribution in [0.1, 0.15) is 18.5 Å². The van der Waals surface area contributed by atoms with E-state index < -0.39 is 0 Å². The smallest absolute Gasteiger partial charge is 0.410 e. The van der Waals surface area contributed by atoms with Crippen molar-refractivity contribution in [3.63, 3.8) is 0 Å². The van der Waals surface area contributed by atoms with Crippen LogP contribution >= 0.6 is 0 Å². The van der Waals surface area contributed by atoms with Crippen molar-refractivity contribution in [2.24, 2.45) is 0 Å². The van der Waals surface area contributed by atoms with Gasteiger partial charge in [-0.2, -0.15) is 0 Å². The topological polar surface area (TPSA) is 29.5 Å². The normalized spacial score (nSPS) is 18.1. The predicted molar refractivity (Wildman–Crippen MR) is 52.9 cm³/mol. The molecular formula is C11H13NO2. The van der Waals surface area contributed by atoms with Gasteiger partial charge in [-0.3, -0.25) is 4.90 Å². The summed E-state index contributed by atoms with van der Waals surface area (Å²) in [5.41, 5.74) is 1.14. The average Bonchev–Trinajstić information content (AvgIpc) is 2.65. The SMILES string of the molecule is CC(c1ccccc1)N1CCOC1=O. The van der Waals surface area contributed by atoms with E-state index in [1.165, 1.54) is 0 Å². The number of ether oxygens (including phenoxy) is 1. The summed E-state index contributed by atoms with van der Waals surface area (Å²) < 4.78 is 4.90. The number of rotatable bonds is 2. The molecule has 0 radical (unpaired) electrons. The Morgan fingerprint density at radius 1 is 1.36 bits per heavy atom. The molecule has 0 spiro atoms. The molecule has 1 aromatic rings. The highest BCUT2D eigenvalue weighted by Gasteiger charge is 2.27. The van der Waals surface area contributed by atoms with E-state index in [9.17, 15) is 4.79 Å². The number of carbonyl (C=O) groups excluding carboxylic acids is 1. The Bertz CT molecular complexity index is 323. The number of amides is 1. The van der Waals surface area contributed by atoms with Gasteiger partial charge in [0, 0.05) is 0 Å². The summed E-state index contributed by atoms with van der Waals surface area (Å²) >= 11 is 0. The molecule has 3 nitrogen and oxygen atoms in total. The third-order valence-electron chi connectivity index (χ3n) is 2.54. The lowest BCUT2D eigenvalue weighted by Crippen LogP contribution is -2.27. The van der Waals surface area contributed by atoms with Gasteiger partial charge >= 0.3 is 6.09 Å². The maximum Gasteiger partial charge on any atom is 0.410 e. The first-order chi connectivity index (χ1) is 6.79. The van der Waals surface area contributed by atoms with Crippen LogP contribution in [0.25, 0.3) is 0 Å². The minimum Gasteiger partial charge on any atom is -0.448 e. The van der Waals surface area contributed by atoms with E-state index in [-0.39, 0.29) is 12.1 Å². The lowest BCUT2D eigenvalue weighted by Gasteiger charge is -2.21. The minimum absolute atomic E-state index is 0.103. The van der Waals surface area contributed by atoms with Crippen molar-refractivity contribution in [2.45, 2.75) is 13.0 Å². The zero-order valence-corrected chi connectivity index (χ0v) is 8.14. The third kappa shape index (κ3) is 1.58. The summed E-state index contributed by atoms with van der Waals surface area (Å²) in [4.78, 5) is 13.0. The minimum atomic E-state index is -0.207. The molecule has 74 valence electrons. The summed E-state index contributed by atoms with van der Waals surface area (Å²) in [7, 11) is 0. The molecule has 1 heterocycles. The van der Waals surface area contributed by atoms with Gasteiger partial charge in [0.05, 0.1) is 12.6 Å². The van der Waals surface area contributed by atoms with Gasteiger partial charge in [-0.05, 0) is 12.5 Å². The van der Waals surface area contributed by atoms with Gasteiger partial charge in [-0.15, -0.1) is 0 Å². The largest absolute Gasteiger partial charge is 0.448 e. The molecular weight excluding hydrogens is 178 g/mol. The lowest BCUT2D eigenvalue weighted by atomic mass is 10.1. The maximum absolute atomic E-state index is 11.3. The second kappa shape index (κ2) is 3.70. The zero-order chi connectivity index (χ0) is 9.97. The Morgan fingerprint density at radius 3 is 2.64 bits per heavy atom. The first-order valence-corrected chi connectivity index (χ1v) is 4.77. The zero-order valence-electron chi connectivity index (χ0n) is 8.14. The van der Waals surface area contributed by atoms with Crippen LogP contribution in [0.15, 0.2) is 30.3 Å². The van der Waals surface area contributed by atoms with E-state index in [4.69, 9.17) is 4.74 Å². The summed E-state index contributed by atoms with van der Waals surface area (Å²) in [6.45, 7) is 3.22.